The number of methoxy groups -OCH3 is 2. The first kappa shape index (κ1) is 30.8. The standard InChI is InChI=1S/C37H35N5O6/c1-45-33-19-29(31(20-34(33)46-2)40-36(43)26-18-25-5-3-4-6-30(25)38-21-26)37(44)39-27-8-10-28(11-9-27)42-15-13-41(14-16-42)22-24-7-12-32-35(17-24)48-23-47-32/h3-12,17-21H,13-16,22-23H2,1-2H3,(H,39,44)(H,40,43). The van der Waals surface area contributed by atoms with Gasteiger partial charge in [0.05, 0.1) is 36.6 Å². The van der Waals surface area contributed by atoms with Gasteiger partial charge in [0.1, 0.15) is 0 Å². The molecule has 7 rings (SSSR count). The predicted octanol–water partition coefficient (Wildman–Crippen LogP) is 5.81. The van der Waals surface area contributed by atoms with E-state index in [1.165, 1.54) is 26.0 Å². The molecule has 4 aromatic carbocycles. The van der Waals surface area contributed by atoms with E-state index in [1.807, 2.05) is 54.6 Å². The number of nitrogens with zero attached hydrogens (tertiary/aromatic N) is 3. The Morgan fingerprint density at radius 2 is 1.54 bits per heavy atom. The Morgan fingerprint density at radius 3 is 2.33 bits per heavy atom. The largest absolute Gasteiger partial charge is 0.493 e. The Hall–Kier alpha value is -5.81. The molecule has 0 bridgehead atoms. The minimum Gasteiger partial charge on any atom is -0.493 e. The Labute approximate surface area is 278 Å². The molecule has 48 heavy (non-hydrogen) atoms. The SMILES string of the molecule is COc1cc(NC(=O)c2cnc3ccccc3c2)c(C(=O)Nc2ccc(N3CCN(Cc4ccc5c(c4)OCO5)CC3)cc2)cc1OC. The van der Waals surface area contributed by atoms with Crippen LogP contribution in [0.2, 0.25) is 0 Å². The van der Waals surface area contributed by atoms with Crippen LogP contribution in [0.1, 0.15) is 26.3 Å². The van der Waals surface area contributed by atoms with E-state index in [4.69, 9.17) is 18.9 Å². The number of piperazine rings is 1. The van der Waals surface area contributed by atoms with Gasteiger partial charge in [-0.1, -0.05) is 24.3 Å². The fourth-order valence-electron chi connectivity index (χ4n) is 5.98. The van der Waals surface area contributed by atoms with Gasteiger partial charge in [-0.2, -0.15) is 0 Å². The lowest BCUT2D eigenvalue weighted by Crippen LogP contribution is -2.45. The van der Waals surface area contributed by atoms with Gasteiger partial charge in [-0.25, -0.2) is 0 Å². The highest BCUT2D eigenvalue weighted by atomic mass is 16.7. The molecular weight excluding hydrogens is 610 g/mol. The van der Waals surface area contributed by atoms with Crippen LogP contribution in [0.5, 0.6) is 23.0 Å². The summed E-state index contributed by atoms with van der Waals surface area (Å²) in [5, 5.41) is 6.67. The van der Waals surface area contributed by atoms with Crippen molar-refractivity contribution in [2.45, 2.75) is 6.54 Å². The van der Waals surface area contributed by atoms with Crippen molar-refractivity contribution >= 4 is 39.8 Å². The summed E-state index contributed by atoms with van der Waals surface area (Å²) in [4.78, 5) is 36.1. The van der Waals surface area contributed by atoms with E-state index in [-0.39, 0.29) is 18.0 Å². The molecule has 11 heteroatoms. The van der Waals surface area contributed by atoms with E-state index in [0.29, 0.717) is 22.7 Å². The minimum absolute atomic E-state index is 0.220. The molecule has 1 saturated heterocycles. The third-order valence-corrected chi connectivity index (χ3v) is 8.57. The van der Waals surface area contributed by atoms with Crippen molar-refractivity contribution in [1.82, 2.24) is 9.88 Å². The summed E-state index contributed by atoms with van der Waals surface area (Å²) < 4.78 is 21.9. The molecule has 1 fully saturated rings. The van der Waals surface area contributed by atoms with Gasteiger partial charge in [0.2, 0.25) is 6.79 Å². The molecule has 2 aliphatic heterocycles. The van der Waals surface area contributed by atoms with Crippen LogP contribution in [0.15, 0.2) is 91.1 Å². The number of aromatic nitrogens is 1. The maximum absolute atomic E-state index is 13.6. The Balaban J connectivity index is 1.01. The van der Waals surface area contributed by atoms with E-state index in [9.17, 15) is 9.59 Å². The molecule has 0 unspecified atom stereocenters. The third-order valence-electron chi connectivity index (χ3n) is 8.57. The number of rotatable bonds is 9. The average molecular weight is 646 g/mol. The van der Waals surface area contributed by atoms with Crippen LogP contribution >= 0.6 is 0 Å². The minimum atomic E-state index is -0.409. The highest BCUT2D eigenvalue weighted by Gasteiger charge is 2.22. The Morgan fingerprint density at radius 1 is 0.792 bits per heavy atom. The van der Waals surface area contributed by atoms with Crippen LogP contribution in [0, 0.1) is 0 Å². The predicted molar refractivity (Wildman–Crippen MR) is 184 cm³/mol. The van der Waals surface area contributed by atoms with Crippen molar-refractivity contribution in [3.8, 4) is 23.0 Å². The van der Waals surface area contributed by atoms with Gasteiger partial charge in [0.25, 0.3) is 11.8 Å². The molecule has 0 atom stereocenters. The number of fused-ring (bicyclic) bond motifs is 2. The molecule has 2 amide bonds. The summed E-state index contributed by atoms with van der Waals surface area (Å²) in [5.41, 5.74) is 4.55. The van der Waals surface area contributed by atoms with Crippen molar-refractivity contribution in [3.63, 3.8) is 0 Å². The van der Waals surface area contributed by atoms with Crippen LogP contribution in [-0.4, -0.2) is 68.9 Å². The highest BCUT2D eigenvalue weighted by molar-refractivity contribution is 6.13. The number of carbonyl (C=O) groups is 2. The van der Waals surface area contributed by atoms with Crippen molar-refractivity contribution in [2.75, 3.05) is 62.7 Å². The zero-order valence-corrected chi connectivity index (χ0v) is 26.7. The molecular formula is C37H35N5O6. The molecule has 0 spiro atoms. The molecule has 0 aliphatic carbocycles. The summed E-state index contributed by atoms with van der Waals surface area (Å²) in [5.74, 6) is 1.53. The van der Waals surface area contributed by atoms with Gasteiger partial charge in [-0.15, -0.1) is 0 Å². The Kier molecular flexibility index (Phi) is 8.67. The maximum Gasteiger partial charge on any atom is 0.257 e. The molecule has 5 aromatic rings. The highest BCUT2D eigenvalue weighted by Crippen LogP contribution is 2.35. The van der Waals surface area contributed by atoms with Gasteiger partial charge in [0, 0.05) is 61.7 Å². The zero-order valence-electron chi connectivity index (χ0n) is 26.7. The summed E-state index contributed by atoms with van der Waals surface area (Å²) in [6.45, 7) is 4.76. The number of anilines is 3. The topological polar surface area (TPSA) is 114 Å². The fraction of sp³-hybridized carbons (Fsp3) is 0.216. The summed E-state index contributed by atoms with van der Waals surface area (Å²) in [6.07, 6.45) is 1.51. The molecule has 2 aliphatic rings. The van der Waals surface area contributed by atoms with Gasteiger partial charge in [-0.05, 0) is 60.2 Å². The van der Waals surface area contributed by atoms with Crippen molar-refractivity contribution in [1.29, 1.82) is 0 Å². The first-order chi connectivity index (χ1) is 23.5. The number of hydrogen-bond acceptors (Lipinski definition) is 9. The van der Waals surface area contributed by atoms with Gasteiger partial charge >= 0.3 is 0 Å². The van der Waals surface area contributed by atoms with E-state index in [0.717, 1.165) is 60.8 Å². The smallest absolute Gasteiger partial charge is 0.257 e. The second kappa shape index (κ2) is 13.5. The van der Waals surface area contributed by atoms with E-state index >= 15 is 0 Å². The van der Waals surface area contributed by atoms with Crippen LogP contribution in [0.3, 0.4) is 0 Å². The average Bonchev–Trinajstić information content (AvgIpc) is 3.60. The van der Waals surface area contributed by atoms with Crippen LogP contribution in [0.25, 0.3) is 10.9 Å². The van der Waals surface area contributed by atoms with Crippen molar-refractivity contribution in [3.05, 3.63) is 108 Å². The number of carbonyl (C=O) groups excluding carboxylic acids is 2. The second-order valence-electron chi connectivity index (χ2n) is 11.6. The summed E-state index contributed by atoms with van der Waals surface area (Å²) in [7, 11) is 2.99. The lowest BCUT2D eigenvalue weighted by molar-refractivity contribution is 0.102. The third kappa shape index (κ3) is 6.53. The molecule has 2 N–H and O–H groups in total. The number of nitrogens with one attached hydrogen (secondary N) is 2. The monoisotopic (exact) mass is 645 g/mol. The number of amides is 2. The molecule has 3 heterocycles. The molecule has 0 saturated carbocycles. The molecule has 0 radical (unpaired) electrons. The normalized spacial score (nSPS) is 14.1. The van der Waals surface area contributed by atoms with Crippen molar-refractivity contribution in [2.24, 2.45) is 0 Å². The lowest BCUT2D eigenvalue weighted by Gasteiger charge is -2.36. The maximum atomic E-state index is 13.6. The lowest BCUT2D eigenvalue weighted by atomic mass is 10.1. The molecule has 11 nitrogen and oxygen atoms in total. The van der Waals surface area contributed by atoms with E-state index in [2.05, 4.69) is 37.6 Å². The summed E-state index contributed by atoms with van der Waals surface area (Å²) in [6, 6.07) is 26.3. The Bertz CT molecular complexity index is 1970. The van der Waals surface area contributed by atoms with Crippen LogP contribution < -0.4 is 34.5 Å². The van der Waals surface area contributed by atoms with Gasteiger partial charge in [-0.3, -0.25) is 19.5 Å². The van der Waals surface area contributed by atoms with Gasteiger partial charge in [0.15, 0.2) is 23.0 Å². The first-order valence-electron chi connectivity index (χ1n) is 15.7. The van der Waals surface area contributed by atoms with E-state index < -0.39 is 11.8 Å². The van der Waals surface area contributed by atoms with Gasteiger partial charge < -0.3 is 34.5 Å². The molecule has 1 aromatic heterocycles. The van der Waals surface area contributed by atoms with Crippen molar-refractivity contribution < 1.29 is 28.5 Å². The fourth-order valence-corrected chi connectivity index (χ4v) is 5.98. The summed E-state index contributed by atoms with van der Waals surface area (Å²) >= 11 is 0. The zero-order chi connectivity index (χ0) is 33.0. The number of ether oxygens (including phenoxy) is 4. The number of pyridine rings is 1. The number of benzene rings is 4. The molecule has 244 valence electrons. The number of hydrogen-bond donors (Lipinski definition) is 2. The first-order valence-corrected chi connectivity index (χ1v) is 15.7. The quantitative estimate of drug-likeness (QED) is 0.205. The van der Waals surface area contributed by atoms with Crippen LogP contribution in [0.4, 0.5) is 17.1 Å². The second-order valence-corrected chi connectivity index (χ2v) is 11.6. The van der Waals surface area contributed by atoms with Crippen LogP contribution in [-0.2, 0) is 6.54 Å². The number of para-hydroxylation sites is 1. The van der Waals surface area contributed by atoms with E-state index in [1.54, 1.807) is 18.2 Å².